The minimum Gasteiger partial charge on any atom is -0.493 e. The molecular formula is C20H26N4O4S. The number of methoxy groups -OCH3 is 2. The number of amides is 2. The number of rotatable bonds is 8. The van der Waals surface area contributed by atoms with Crippen LogP contribution in [-0.2, 0) is 11.3 Å². The summed E-state index contributed by atoms with van der Waals surface area (Å²) in [6.07, 6.45) is 3.75. The van der Waals surface area contributed by atoms with Crippen LogP contribution in [-0.4, -0.2) is 55.6 Å². The molecule has 0 spiro atoms. The second-order valence-corrected chi connectivity index (χ2v) is 7.64. The largest absolute Gasteiger partial charge is 0.493 e. The molecule has 2 aromatic rings. The van der Waals surface area contributed by atoms with Gasteiger partial charge in [-0.2, -0.15) is 0 Å². The van der Waals surface area contributed by atoms with Crippen molar-refractivity contribution >= 4 is 28.3 Å². The van der Waals surface area contributed by atoms with E-state index >= 15 is 0 Å². The summed E-state index contributed by atoms with van der Waals surface area (Å²) in [6.45, 7) is 2.86. The first-order valence-electron chi connectivity index (χ1n) is 9.56. The SMILES string of the molecule is COc1ccc(C(=O)NCC(=O)Nc2nc(CN3CCCCC3)cs2)cc1OC. The molecular weight excluding hydrogens is 392 g/mol. The molecule has 1 saturated heterocycles. The number of benzene rings is 1. The van der Waals surface area contributed by atoms with Crippen LogP contribution in [0.25, 0.3) is 0 Å². The van der Waals surface area contributed by atoms with Crippen LogP contribution in [0.2, 0.25) is 0 Å². The number of thiazole rings is 1. The van der Waals surface area contributed by atoms with E-state index in [0.29, 0.717) is 22.2 Å². The quantitative estimate of drug-likeness (QED) is 0.684. The molecule has 0 atom stereocenters. The molecule has 0 unspecified atom stereocenters. The average molecular weight is 419 g/mol. The topological polar surface area (TPSA) is 92.8 Å². The molecule has 0 aliphatic carbocycles. The molecule has 0 saturated carbocycles. The molecule has 1 fully saturated rings. The van der Waals surface area contributed by atoms with E-state index in [-0.39, 0.29) is 18.4 Å². The number of anilines is 1. The molecule has 0 bridgehead atoms. The van der Waals surface area contributed by atoms with Crippen LogP contribution >= 0.6 is 11.3 Å². The summed E-state index contributed by atoms with van der Waals surface area (Å²) in [4.78, 5) is 31.3. The van der Waals surface area contributed by atoms with Crippen molar-refractivity contribution in [2.45, 2.75) is 25.8 Å². The Morgan fingerprint density at radius 1 is 1.14 bits per heavy atom. The highest BCUT2D eigenvalue weighted by molar-refractivity contribution is 7.13. The van der Waals surface area contributed by atoms with Crippen molar-refractivity contribution < 1.29 is 19.1 Å². The summed E-state index contributed by atoms with van der Waals surface area (Å²) in [5.41, 5.74) is 1.34. The maximum atomic E-state index is 12.3. The monoisotopic (exact) mass is 418 g/mol. The van der Waals surface area contributed by atoms with Crippen molar-refractivity contribution in [3.05, 3.63) is 34.8 Å². The van der Waals surface area contributed by atoms with Gasteiger partial charge in [-0.3, -0.25) is 14.5 Å². The predicted molar refractivity (Wildman–Crippen MR) is 112 cm³/mol. The summed E-state index contributed by atoms with van der Waals surface area (Å²) >= 11 is 1.39. The van der Waals surface area contributed by atoms with Crippen LogP contribution in [0, 0.1) is 0 Å². The Balaban J connectivity index is 1.48. The molecule has 1 aliphatic heterocycles. The van der Waals surface area contributed by atoms with Crippen LogP contribution in [0.4, 0.5) is 5.13 Å². The van der Waals surface area contributed by atoms with Gasteiger partial charge in [0.2, 0.25) is 5.91 Å². The van der Waals surface area contributed by atoms with Crippen LogP contribution in [0.3, 0.4) is 0 Å². The van der Waals surface area contributed by atoms with Crippen molar-refractivity contribution in [1.82, 2.24) is 15.2 Å². The lowest BCUT2D eigenvalue weighted by Crippen LogP contribution is -2.32. The Morgan fingerprint density at radius 2 is 1.90 bits per heavy atom. The third-order valence-electron chi connectivity index (χ3n) is 4.69. The highest BCUT2D eigenvalue weighted by Gasteiger charge is 2.15. The van der Waals surface area contributed by atoms with Crippen LogP contribution in [0.5, 0.6) is 11.5 Å². The van der Waals surface area contributed by atoms with Gasteiger partial charge in [-0.05, 0) is 44.1 Å². The number of nitrogens with zero attached hydrogens (tertiary/aromatic N) is 2. The molecule has 3 rings (SSSR count). The van der Waals surface area contributed by atoms with E-state index in [4.69, 9.17) is 9.47 Å². The molecule has 29 heavy (non-hydrogen) atoms. The Labute approximate surface area is 174 Å². The van der Waals surface area contributed by atoms with Crippen LogP contribution < -0.4 is 20.1 Å². The maximum Gasteiger partial charge on any atom is 0.251 e. The summed E-state index contributed by atoms with van der Waals surface area (Å²) in [6, 6.07) is 4.83. The number of carbonyl (C=O) groups excluding carboxylic acids is 2. The van der Waals surface area contributed by atoms with Gasteiger partial charge < -0.3 is 20.1 Å². The van der Waals surface area contributed by atoms with E-state index in [1.54, 1.807) is 18.2 Å². The zero-order valence-corrected chi connectivity index (χ0v) is 17.5. The Kier molecular flexibility index (Phi) is 7.42. The minimum atomic E-state index is -0.369. The van der Waals surface area contributed by atoms with Gasteiger partial charge >= 0.3 is 0 Å². The zero-order chi connectivity index (χ0) is 20.6. The lowest BCUT2D eigenvalue weighted by atomic mass is 10.1. The lowest BCUT2D eigenvalue weighted by Gasteiger charge is -2.25. The standard InChI is InChI=1S/C20H26N4O4S/c1-27-16-7-6-14(10-17(16)28-2)19(26)21-11-18(25)23-20-22-15(13-29-20)12-24-8-4-3-5-9-24/h6-7,10,13H,3-5,8-9,11-12H2,1-2H3,(H,21,26)(H,22,23,25). The minimum absolute atomic E-state index is 0.145. The molecule has 2 N–H and O–H groups in total. The summed E-state index contributed by atoms with van der Waals surface area (Å²) in [5.74, 6) is 0.295. The zero-order valence-electron chi connectivity index (χ0n) is 16.7. The van der Waals surface area contributed by atoms with E-state index in [2.05, 4.69) is 20.5 Å². The van der Waals surface area contributed by atoms with Gasteiger partial charge in [0.15, 0.2) is 16.6 Å². The third kappa shape index (κ3) is 5.91. The molecule has 2 heterocycles. The fourth-order valence-corrected chi connectivity index (χ4v) is 3.90. The normalized spacial score (nSPS) is 14.3. The molecule has 156 valence electrons. The Bertz CT molecular complexity index is 849. The fraction of sp³-hybridized carbons (Fsp3) is 0.450. The number of nitrogens with one attached hydrogen (secondary N) is 2. The highest BCUT2D eigenvalue weighted by atomic mass is 32.1. The first-order chi connectivity index (χ1) is 14.1. The number of aromatic nitrogens is 1. The number of carbonyl (C=O) groups is 2. The van der Waals surface area contributed by atoms with Crippen molar-refractivity contribution in [3.63, 3.8) is 0 Å². The van der Waals surface area contributed by atoms with Gasteiger partial charge in [0, 0.05) is 17.5 Å². The molecule has 1 aromatic heterocycles. The third-order valence-corrected chi connectivity index (χ3v) is 5.49. The molecule has 0 radical (unpaired) electrons. The maximum absolute atomic E-state index is 12.3. The van der Waals surface area contributed by atoms with Gasteiger partial charge in [0.1, 0.15) is 0 Å². The molecule has 8 nitrogen and oxygen atoms in total. The van der Waals surface area contributed by atoms with Gasteiger partial charge in [0.25, 0.3) is 5.91 Å². The van der Waals surface area contributed by atoms with Gasteiger partial charge in [-0.1, -0.05) is 6.42 Å². The Morgan fingerprint density at radius 3 is 2.62 bits per heavy atom. The van der Waals surface area contributed by atoms with Gasteiger partial charge in [-0.25, -0.2) is 4.98 Å². The molecule has 1 aliphatic rings. The van der Waals surface area contributed by atoms with E-state index in [1.807, 2.05) is 5.38 Å². The van der Waals surface area contributed by atoms with Gasteiger partial charge in [0.05, 0.1) is 26.5 Å². The van der Waals surface area contributed by atoms with E-state index in [9.17, 15) is 9.59 Å². The number of piperidine rings is 1. The van der Waals surface area contributed by atoms with Crippen molar-refractivity contribution in [3.8, 4) is 11.5 Å². The van der Waals surface area contributed by atoms with Crippen LogP contribution in [0.1, 0.15) is 35.3 Å². The number of hydrogen-bond acceptors (Lipinski definition) is 7. The highest BCUT2D eigenvalue weighted by Crippen LogP contribution is 2.27. The van der Waals surface area contributed by atoms with Crippen LogP contribution in [0.15, 0.2) is 23.6 Å². The summed E-state index contributed by atoms with van der Waals surface area (Å²) < 4.78 is 10.3. The smallest absolute Gasteiger partial charge is 0.251 e. The average Bonchev–Trinajstić information content (AvgIpc) is 3.18. The van der Waals surface area contributed by atoms with Crippen molar-refractivity contribution in [2.24, 2.45) is 0 Å². The van der Waals surface area contributed by atoms with Gasteiger partial charge in [-0.15, -0.1) is 11.3 Å². The van der Waals surface area contributed by atoms with E-state index in [0.717, 1.165) is 25.3 Å². The number of hydrogen-bond donors (Lipinski definition) is 2. The lowest BCUT2D eigenvalue weighted by molar-refractivity contribution is -0.115. The van der Waals surface area contributed by atoms with Crippen molar-refractivity contribution in [2.75, 3.05) is 39.2 Å². The molecule has 1 aromatic carbocycles. The second-order valence-electron chi connectivity index (χ2n) is 6.78. The number of ether oxygens (including phenoxy) is 2. The second kappa shape index (κ2) is 10.2. The van der Waals surface area contributed by atoms with E-state index in [1.165, 1.54) is 44.8 Å². The van der Waals surface area contributed by atoms with Crippen molar-refractivity contribution in [1.29, 1.82) is 0 Å². The fourth-order valence-electron chi connectivity index (χ4n) is 3.19. The Hall–Kier alpha value is -2.65. The first kappa shape index (κ1) is 21.1. The predicted octanol–water partition coefficient (Wildman–Crippen LogP) is 2.51. The molecule has 2 amide bonds. The van der Waals surface area contributed by atoms with E-state index < -0.39 is 0 Å². The number of likely N-dealkylation sites (tertiary alicyclic amines) is 1. The summed E-state index contributed by atoms with van der Waals surface area (Å²) in [7, 11) is 3.03. The molecule has 9 heteroatoms. The summed E-state index contributed by atoms with van der Waals surface area (Å²) in [5, 5.41) is 7.85. The first-order valence-corrected chi connectivity index (χ1v) is 10.4.